The van der Waals surface area contributed by atoms with Gasteiger partial charge in [-0.3, -0.25) is 14.9 Å². The zero-order valence-electron chi connectivity index (χ0n) is 16.3. The van der Waals surface area contributed by atoms with Crippen molar-refractivity contribution in [1.29, 1.82) is 0 Å². The van der Waals surface area contributed by atoms with E-state index in [1.807, 2.05) is 0 Å². The van der Waals surface area contributed by atoms with Crippen LogP contribution in [0.15, 0.2) is 42.5 Å². The van der Waals surface area contributed by atoms with E-state index in [1.54, 1.807) is 13.8 Å². The summed E-state index contributed by atoms with van der Waals surface area (Å²) in [6, 6.07) is 6.83. The molecule has 2 aromatic rings. The highest BCUT2D eigenvalue weighted by Crippen LogP contribution is 2.28. The lowest BCUT2D eigenvalue weighted by Gasteiger charge is -2.29. The van der Waals surface area contributed by atoms with E-state index >= 15 is 0 Å². The number of nitro benzene ring substituents is 1. The fourth-order valence-corrected chi connectivity index (χ4v) is 2.73. The second-order valence-electron chi connectivity index (χ2n) is 6.12. The van der Waals surface area contributed by atoms with Crippen molar-refractivity contribution < 1.29 is 32.8 Å². The Bertz CT molecular complexity index is 920. The number of nitro groups is 1. The Balaban J connectivity index is 2.34. The number of amides is 2. The molecule has 0 aliphatic carbocycles. The molecule has 160 valence electrons. The second kappa shape index (κ2) is 10.4. The summed E-state index contributed by atoms with van der Waals surface area (Å²) in [5.74, 6) is -2.94. The van der Waals surface area contributed by atoms with Crippen molar-refractivity contribution in [2.45, 2.75) is 26.3 Å². The Labute approximate surface area is 171 Å². The summed E-state index contributed by atoms with van der Waals surface area (Å²) in [5.41, 5.74) is -0.00537. The summed E-state index contributed by atoms with van der Waals surface area (Å²) in [6.45, 7) is 3.12. The fourth-order valence-electron chi connectivity index (χ4n) is 2.73. The molecule has 0 spiro atoms. The van der Waals surface area contributed by atoms with E-state index in [1.165, 1.54) is 18.2 Å². The SMILES string of the molecule is CCOCC(=O)N(C(=O)Oc1ccc([N+](=O)[O-])cc1)C(CC)c1ccc(F)c(F)c1. The predicted octanol–water partition coefficient (Wildman–Crippen LogP) is 4.39. The normalized spacial score (nSPS) is 11.6. The van der Waals surface area contributed by atoms with Crippen LogP contribution in [-0.2, 0) is 9.53 Å². The highest BCUT2D eigenvalue weighted by Gasteiger charge is 2.32. The van der Waals surface area contributed by atoms with Crippen LogP contribution < -0.4 is 4.74 Å². The molecule has 8 nitrogen and oxygen atoms in total. The Morgan fingerprint density at radius 1 is 1.10 bits per heavy atom. The van der Waals surface area contributed by atoms with E-state index in [0.717, 1.165) is 29.2 Å². The number of imide groups is 1. The van der Waals surface area contributed by atoms with Gasteiger partial charge in [-0.05, 0) is 43.2 Å². The maximum Gasteiger partial charge on any atom is 0.422 e. The number of nitrogens with zero attached hydrogens (tertiary/aromatic N) is 2. The number of hydrogen-bond donors (Lipinski definition) is 0. The van der Waals surface area contributed by atoms with Gasteiger partial charge in [-0.15, -0.1) is 0 Å². The minimum absolute atomic E-state index is 0.0278. The third-order valence-electron chi connectivity index (χ3n) is 4.17. The van der Waals surface area contributed by atoms with Gasteiger partial charge < -0.3 is 9.47 Å². The Kier molecular flexibility index (Phi) is 7.93. The maximum absolute atomic E-state index is 13.7. The molecule has 0 saturated carbocycles. The highest BCUT2D eigenvalue weighted by atomic mass is 19.2. The van der Waals surface area contributed by atoms with E-state index < -0.39 is 41.2 Å². The van der Waals surface area contributed by atoms with Gasteiger partial charge in [0.25, 0.3) is 11.6 Å². The average Bonchev–Trinajstić information content (AvgIpc) is 2.72. The first-order chi connectivity index (χ1) is 14.3. The molecule has 0 saturated heterocycles. The molecule has 0 bridgehead atoms. The number of benzene rings is 2. The van der Waals surface area contributed by atoms with Crippen LogP contribution >= 0.6 is 0 Å². The molecular formula is C20H20F2N2O6. The Morgan fingerprint density at radius 3 is 2.30 bits per heavy atom. The lowest BCUT2D eigenvalue weighted by Crippen LogP contribution is -2.43. The third kappa shape index (κ3) is 5.57. The van der Waals surface area contributed by atoms with Gasteiger partial charge in [-0.1, -0.05) is 13.0 Å². The van der Waals surface area contributed by atoms with Crippen molar-refractivity contribution >= 4 is 17.7 Å². The number of non-ortho nitro benzene ring substituents is 1. The van der Waals surface area contributed by atoms with Crippen LogP contribution in [0.4, 0.5) is 19.3 Å². The van der Waals surface area contributed by atoms with Gasteiger partial charge in [0, 0.05) is 18.7 Å². The maximum atomic E-state index is 13.7. The van der Waals surface area contributed by atoms with Gasteiger partial charge in [-0.2, -0.15) is 0 Å². The lowest BCUT2D eigenvalue weighted by atomic mass is 10.0. The molecule has 1 unspecified atom stereocenters. The van der Waals surface area contributed by atoms with Gasteiger partial charge in [0.2, 0.25) is 0 Å². The third-order valence-corrected chi connectivity index (χ3v) is 4.17. The van der Waals surface area contributed by atoms with Crippen LogP contribution in [0.1, 0.15) is 31.9 Å². The molecule has 0 aromatic heterocycles. The summed E-state index contributed by atoms with van der Waals surface area (Å²) >= 11 is 0. The summed E-state index contributed by atoms with van der Waals surface area (Å²) in [7, 11) is 0. The molecule has 0 heterocycles. The number of halogens is 2. The van der Waals surface area contributed by atoms with Gasteiger partial charge in [0.1, 0.15) is 12.4 Å². The molecular weight excluding hydrogens is 402 g/mol. The number of carbonyl (C=O) groups excluding carboxylic acids is 2. The first kappa shape index (κ1) is 22.9. The van der Waals surface area contributed by atoms with Crippen LogP contribution in [0.2, 0.25) is 0 Å². The van der Waals surface area contributed by atoms with Crippen molar-refractivity contribution in [1.82, 2.24) is 4.90 Å². The van der Waals surface area contributed by atoms with E-state index in [2.05, 4.69) is 0 Å². The van der Waals surface area contributed by atoms with Gasteiger partial charge in [0.05, 0.1) is 11.0 Å². The minimum atomic E-state index is -1.12. The smallest absolute Gasteiger partial charge is 0.410 e. The molecule has 2 amide bonds. The quantitative estimate of drug-likeness (QED) is 0.462. The Morgan fingerprint density at radius 2 is 1.77 bits per heavy atom. The van der Waals surface area contributed by atoms with E-state index in [-0.39, 0.29) is 30.0 Å². The summed E-state index contributed by atoms with van der Waals surface area (Å²) in [6.07, 6.45) is -0.886. The average molecular weight is 422 g/mol. The highest BCUT2D eigenvalue weighted by molar-refractivity contribution is 5.94. The molecule has 10 heteroatoms. The molecule has 30 heavy (non-hydrogen) atoms. The number of ether oxygens (including phenoxy) is 2. The predicted molar refractivity (Wildman–Crippen MR) is 102 cm³/mol. The molecule has 0 N–H and O–H groups in total. The topological polar surface area (TPSA) is 99.0 Å². The molecule has 2 rings (SSSR count). The first-order valence-corrected chi connectivity index (χ1v) is 9.09. The van der Waals surface area contributed by atoms with Gasteiger partial charge in [-0.25, -0.2) is 18.5 Å². The molecule has 0 aliphatic heterocycles. The standard InChI is InChI=1S/C20H20F2N2O6/c1-3-18(13-5-10-16(21)17(22)11-13)23(19(25)12-29-4-2)20(26)30-15-8-6-14(7-9-15)24(27)28/h5-11,18H,3-4,12H2,1-2H3. The lowest BCUT2D eigenvalue weighted by molar-refractivity contribution is -0.384. The largest absolute Gasteiger partial charge is 0.422 e. The van der Waals surface area contributed by atoms with Crippen LogP contribution in [0, 0.1) is 21.7 Å². The number of rotatable bonds is 8. The zero-order valence-corrected chi connectivity index (χ0v) is 16.3. The monoisotopic (exact) mass is 422 g/mol. The number of hydrogen-bond acceptors (Lipinski definition) is 6. The fraction of sp³-hybridized carbons (Fsp3) is 0.300. The Hall–Kier alpha value is -3.40. The van der Waals surface area contributed by atoms with E-state index in [9.17, 15) is 28.5 Å². The van der Waals surface area contributed by atoms with E-state index in [0.29, 0.717) is 0 Å². The van der Waals surface area contributed by atoms with Crippen molar-refractivity contribution in [3.63, 3.8) is 0 Å². The van der Waals surface area contributed by atoms with Crippen LogP contribution in [0.25, 0.3) is 0 Å². The summed E-state index contributed by atoms with van der Waals surface area (Å²) in [5, 5.41) is 10.7. The molecule has 1 atom stereocenters. The van der Waals surface area contributed by atoms with Crippen molar-refractivity contribution in [3.8, 4) is 5.75 Å². The number of carbonyl (C=O) groups is 2. The summed E-state index contributed by atoms with van der Waals surface area (Å²) < 4.78 is 37.3. The van der Waals surface area contributed by atoms with Gasteiger partial charge >= 0.3 is 6.09 Å². The molecule has 0 aliphatic rings. The van der Waals surface area contributed by atoms with E-state index in [4.69, 9.17) is 9.47 Å². The molecule has 2 aromatic carbocycles. The van der Waals surface area contributed by atoms with Crippen LogP contribution in [-0.4, -0.2) is 35.0 Å². The van der Waals surface area contributed by atoms with Crippen LogP contribution in [0.3, 0.4) is 0 Å². The first-order valence-electron chi connectivity index (χ1n) is 9.09. The van der Waals surface area contributed by atoms with Crippen LogP contribution in [0.5, 0.6) is 5.75 Å². The zero-order chi connectivity index (χ0) is 22.3. The molecule has 0 radical (unpaired) electrons. The van der Waals surface area contributed by atoms with Gasteiger partial charge in [0.15, 0.2) is 11.6 Å². The van der Waals surface area contributed by atoms with Crippen molar-refractivity contribution in [2.24, 2.45) is 0 Å². The molecule has 0 fully saturated rings. The second-order valence-corrected chi connectivity index (χ2v) is 6.12. The summed E-state index contributed by atoms with van der Waals surface area (Å²) in [4.78, 5) is 36.3. The van der Waals surface area contributed by atoms with Crippen molar-refractivity contribution in [3.05, 3.63) is 69.8 Å². The minimum Gasteiger partial charge on any atom is -0.410 e. The van der Waals surface area contributed by atoms with Crippen molar-refractivity contribution in [2.75, 3.05) is 13.2 Å².